The highest BCUT2D eigenvalue weighted by molar-refractivity contribution is 7.86. The molecule has 0 bridgehead atoms. The van der Waals surface area contributed by atoms with Crippen LogP contribution in [0.25, 0.3) is 0 Å². The van der Waals surface area contributed by atoms with E-state index in [0.29, 0.717) is 11.2 Å². The molecule has 0 saturated heterocycles. The molecule has 0 saturated carbocycles. The standard InChI is InChI=1S/C14H13NO6S/c1-10-2-4-13(5-3-10)22(19,20)21-12-6-11(8-16)15(9-17)14(18)7-12/h2-5,7-9,11H,6H2,1H3. The van der Waals surface area contributed by atoms with Crippen LogP contribution in [0, 0.1) is 6.92 Å². The lowest BCUT2D eigenvalue weighted by molar-refractivity contribution is -0.140. The predicted molar refractivity (Wildman–Crippen MR) is 74.9 cm³/mol. The van der Waals surface area contributed by atoms with E-state index in [2.05, 4.69) is 0 Å². The van der Waals surface area contributed by atoms with E-state index in [1.807, 2.05) is 6.92 Å². The molecule has 0 N–H and O–H groups in total. The number of nitrogens with zero attached hydrogens (tertiary/aromatic N) is 1. The maximum absolute atomic E-state index is 12.1. The lowest BCUT2D eigenvalue weighted by Crippen LogP contribution is -2.43. The average Bonchev–Trinajstić information content (AvgIpc) is 2.46. The number of aryl methyl sites for hydroxylation is 1. The Balaban J connectivity index is 2.26. The van der Waals surface area contributed by atoms with Crippen LogP contribution in [0.15, 0.2) is 41.0 Å². The van der Waals surface area contributed by atoms with Gasteiger partial charge in [0.25, 0.3) is 5.91 Å². The molecule has 1 atom stereocenters. The first-order valence-electron chi connectivity index (χ1n) is 6.32. The fraction of sp³-hybridized carbons (Fsp3) is 0.214. The molecule has 2 amide bonds. The Bertz CT molecular complexity index is 735. The molecule has 0 radical (unpaired) electrons. The Labute approximate surface area is 127 Å². The van der Waals surface area contributed by atoms with Gasteiger partial charge in [-0.25, -0.2) is 0 Å². The number of amides is 2. The summed E-state index contributed by atoms with van der Waals surface area (Å²) < 4.78 is 29.1. The van der Waals surface area contributed by atoms with E-state index in [1.54, 1.807) is 12.1 Å². The third-order valence-electron chi connectivity index (χ3n) is 3.10. The van der Waals surface area contributed by atoms with E-state index >= 15 is 0 Å². The van der Waals surface area contributed by atoms with Crippen molar-refractivity contribution in [3.63, 3.8) is 0 Å². The normalized spacial score (nSPS) is 18.6. The van der Waals surface area contributed by atoms with E-state index in [-0.39, 0.29) is 23.5 Å². The van der Waals surface area contributed by atoms with E-state index in [9.17, 15) is 22.8 Å². The summed E-state index contributed by atoms with van der Waals surface area (Å²) >= 11 is 0. The quantitative estimate of drug-likeness (QED) is 0.579. The Morgan fingerprint density at radius 3 is 2.41 bits per heavy atom. The lowest BCUT2D eigenvalue weighted by atomic mass is 10.1. The highest BCUT2D eigenvalue weighted by atomic mass is 32.2. The molecule has 0 fully saturated rings. The van der Waals surface area contributed by atoms with Crippen molar-refractivity contribution < 1.29 is 27.0 Å². The van der Waals surface area contributed by atoms with Gasteiger partial charge in [-0.05, 0) is 19.1 Å². The SMILES string of the molecule is Cc1ccc(S(=O)(=O)OC2=CC(=O)N(C=O)C(C=O)C2)cc1. The molecular formula is C14H13NO6S. The van der Waals surface area contributed by atoms with Crippen molar-refractivity contribution in [1.29, 1.82) is 0 Å². The van der Waals surface area contributed by atoms with Crippen molar-refractivity contribution in [3.8, 4) is 0 Å². The molecule has 2 rings (SSSR count). The van der Waals surface area contributed by atoms with Gasteiger partial charge in [0.05, 0.1) is 0 Å². The summed E-state index contributed by atoms with van der Waals surface area (Å²) in [5.41, 5.74) is 0.883. The number of aldehydes is 1. The minimum absolute atomic E-state index is 0.0630. The molecule has 1 aliphatic rings. The van der Waals surface area contributed by atoms with Crippen LogP contribution in [0.3, 0.4) is 0 Å². The van der Waals surface area contributed by atoms with Gasteiger partial charge in [0.1, 0.15) is 23.0 Å². The number of hydrogen-bond acceptors (Lipinski definition) is 6. The molecule has 1 heterocycles. The largest absolute Gasteiger partial charge is 0.383 e. The predicted octanol–water partition coefficient (Wildman–Crippen LogP) is 0.540. The van der Waals surface area contributed by atoms with Gasteiger partial charge in [0.15, 0.2) is 0 Å². The summed E-state index contributed by atoms with van der Waals surface area (Å²) in [5, 5.41) is 0. The first-order valence-corrected chi connectivity index (χ1v) is 7.73. The summed E-state index contributed by atoms with van der Waals surface area (Å²) in [6, 6.07) is 4.91. The van der Waals surface area contributed by atoms with Crippen LogP contribution in [0.5, 0.6) is 0 Å². The summed E-state index contributed by atoms with van der Waals surface area (Å²) in [6.07, 6.45) is 1.32. The van der Waals surface area contributed by atoms with Crippen molar-refractivity contribution in [1.82, 2.24) is 4.90 Å². The summed E-state index contributed by atoms with van der Waals surface area (Å²) in [7, 11) is -4.10. The Hall–Kier alpha value is -2.48. The molecule has 1 aromatic carbocycles. The van der Waals surface area contributed by atoms with Crippen molar-refractivity contribution >= 4 is 28.7 Å². The lowest BCUT2D eigenvalue weighted by Gasteiger charge is -2.26. The number of carbonyl (C=O) groups is 3. The monoisotopic (exact) mass is 323 g/mol. The number of hydrogen-bond donors (Lipinski definition) is 0. The van der Waals surface area contributed by atoms with Gasteiger partial charge < -0.3 is 8.98 Å². The van der Waals surface area contributed by atoms with Gasteiger partial charge in [-0.2, -0.15) is 8.42 Å². The van der Waals surface area contributed by atoms with E-state index in [4.69, 9.17) is 4.18 Å². The zero-order valence-corrected chi connectivity index (χ0v) is 12.4. The number of carbonyl (C=O) groups excluding carboxylic acids is 3. The minimum atomic E-state index is -4.10. The van der Waals surface area contributed by atoms with Gasteiger partial charge >= 0.3 is 10.1 Å². The minimum Gasteiger partial charge on any atom is -0.383 e. The number of imide groups is 1. The molecule has 8 heteroatoms. The second kappa shape index (κ2) is 6.10. The van der Waals surface area contributed by atoms with E-state index < -0.39 is 22.1 Å². The van der Waals surface area contributed by atoms with E-state index in [0.717, 1.165) is 11.6 Å². The van der Waals surface area contributed by atoms with Crippen LogP contribution >= 0.6 is 0 Å². The smallest absolute Gasteiger partial charge is 0.338 e. The second-order valence-corrected chi connectivity index (χ2v) is 6.27. The molecular weight excluding hydrogens is 310 g/mol. The van der Waals surface area contributed by atoms with Crippen molar-refractivity contribution in [2.24, 2.45) is 0 Å². The van der Waals surface area contributed by atoms with Gasteiger partial charge in [-0.3, -0.25) is 14.5 Å². The molecule has 0 aromatic heterocycles. The highest BCUT2D eigenvalue weighted by Crippen LogP contribution is 2.23. The molecule has 1 aliphatic heterocycles. The van der Waals surface area contributed by atoms with E-state index in [1.165, 1.54) is 12.1 Å². The number of benzene rings is 1. The van der Waals surface area contributed by atoms with Gasteiger partial charge in [0, 0.05) is 12.5 Å². The summed E-state index contributed by atoms with van der Waals surface area (Å²) in [5.74, 6) is -0.978. The molecule has 1 unspecified atom stereocenters. The molecule has 22 heavy (non-hydrogen) atoms. The summed E-state index contributed by atoms with van der Waals surface area (Å²) in [6.45, 7) is 1.81. The zero-order chi connectivity index (χ0) is 16.3. The average molecular weight is 323 g/mol. The Morgan fingerprint density at radius 1 is 1.23 bits per heavy atom. The summed E-state index contributed by atoms with van der Waals surface area (Å²) in [4.78, 5) is 33.9. The second-order valence-electron chi connectivity index (χ2n) is 4.72. The van der Waals surface area contributed by atoms with Gasteiger partial charge in [-0.1, -0.05) is 17.7 Å². The maximum atomic E-state index is 12.1. The number of rotatable bonds is 5. The fourth-order valence-corrected chi connectivity index (χ4v) is 2.90. The van der Waals surface area contributed by atoms with Crippen molar-refractivity contribution in [2.45, 2.75) is 24.3 Å². The van der Waals surface area contributed by atoms with Crippen LogP contribution in [-0.2, 0) is 28.7 Å². The molecule has 0 spiro atoms. The molecule has 116 valence electrons. The van der Waals surface area contributed by atoms with Crippen LogP contribution in [0.2, 0.25) is 0 Å². The molecule has 7 nitrogen and oxygen atoms in total. The Morgan fingerprint density at radius 2 is 1.86 bits per heavy atom. The van der Waals surface area contributed by atoms with Crippen LogP contribution in [0.4, 0.5) is 0 Å². The molecule has 1 aromatic rings. The topological polar surface area (TPSA) is 97.8 Å². The van der Waals surface area contributed by atoms with Crippen molar-refractivity contribution in [2.75, 3.05) is 0 Å². The van der Waals surface area contributed by atoms with Crippen molar-refractivity contribution in [3.05, 3.63) is 41.7 Å². The third kappa shape index (κ3) is 3.22. The first-order chi connectivity index (χ1) is 10.4. The Kier molecular flexibility index (Phi) is 4.41. The fourth-order valence-electron chi connectivity index (χ4n) is 1.93. The third-order valence-corrected chi connectivity index (χ3v) is 4.39. The van der Waals surface area contributed by atoms with Gasteiger partial charge in [0.2, 0.25) is 6.41 Å². The van der Waals surface area contributed by atoms with Crippen LogP contribution in [0.1, 0.15) is 12.0 Å². The highest BCUT2D eigenvalue weighted by Gasteiger charge is 2.31. The zero-order valence-electron chi connectivity index (χ0n) is 11.6. The molecule has 0 aliphatic carbocycles. The first kappa shape index (κ1) is 15.9. The maximum Gasteiger partial charge on any atom is 0.338 e. The van der Waals surface area contributed by atoms with Crippen LogP contribution < -0.4 is 0 Å². The van der Waals surface area contributed by atoms with Gasteiger partial charge in [-0.15, -0.1) is 0 Å². The van der Waals surface area contributed by atoms with Crippen LogP contribution in [-0.4, -0.2) is 38.0 Å².